The molecule has 1 aromatic heterocycles. The second-order valence-corrected chi connectivity index (χ2v) is 7.59. The minimum atomic E-state index is -0.901. The Morgan fingerprint density at radius 1 is 0.941 bits per heavy atom. The number of alkyl carbamates (subject to hydrolysis) is 1. The molecular formula is C27H23NO6. The van der Waals surface area contributed by atoms with Crippen molar-refractivity contribution >= 4 is 23.0 Å². The van der Waals surface area contributed by atoms with E-state index in [9.17, 15) is 14.4 Å². The van der Waals surface area contributed by atoms with Gasteiger partial charge >= 0.3 is 17.7 Å². The van der Waals surface area contributed by atoms with Crippen LogP contribution in [-0.4, -0.2) is 18.1 Å². The molecule has 1 atom stereocenters. The summed E-state index contributed by atoms with van der Waals surface area (Å²) >= 11 is 0. The maximum atomic E-state index is 12.7. The number of ether oxygens (including phenoxy) is 2. The number of carbonyl (C=O) groups excluding carboxylic acids is 2. The van der Waals surface area contributed by atoms with Crippen molar-refractivity contribution in [3.63, 3.8) is 0 Å². The Morgan fingerprint density at radius 2 is 1.65 bits per heavy atom. The summed E-state index contributed by atoms with van der Waals surface area (Å²) in [7, 11) is 0. The number of fused-ring (bicyclic) bond motifs is 1. The monoisotopic (exact) mass is 457 g/mol. The number of benzene rings is 3. The van der Waals surface area contributed by atoms with Gasteiger partial charge in [0.15, 0.2) is 0 Å². The first kappa shape index (κ1) is 22.8. The van der Waals surface area contributed by atoms with Crippen LogP contribution in [0.25, 0.3) is 22.1 Å². The van der Waals surface area contributed by atoms with Crippen LogP contribution in [0.4, 0.5) is 4.79 Å². The van der Waals surface area contributed by atoms with E-state index < -0.39 is 23.7 Å². The molecule has 7 heteroatoms. The minimum absolute atomic E-state index is 0.0889. The SMILES string of the molecule is CCC(NC(=O)OCc1ccccc1)C(=O)Oc1ccc2c(-c3ccccc3)cc(=O)oc2c1. The molecule has 1 amide bonds. The van der Waals surface area contributed by atoms with E-state index in [1.807, 2.05) is 60.7 Å². The minimum Gasteiger partial charge on any atom is -0.445 e. The molecule has 7 nitrogen and oxygen atoms in total. The lowest BCUT2D eigenvalue weighted by molar-refractivity contribution is -0.136. The Kier molecular flexibility index (Phi) is 7.03. The van der Waals surface area contributed by atoms with E-state index in [-0.39, 0.29) is 12.4 Å². The zero-order valence-electron chi connectivity index (χ0n) is 18.5. The van der Waals surface area contributed by atoms with Crippen LogP contribution in [0.15, 0.2) is 94.1 Å². The Balaban J connectivity index is 1.46. The third kappa shape index (κ3) is 5.50. The highest BCUT2D eigenvalue weighted by atomic mass is 16.6. The predicted octanol–water partition coefficient (Wildman–Crippen LogP) is 5.07. The summed E-state index contributed by atoms with van der Waals surface area (Å²) in [6.07, 6.45) is -0.412. The van der Waals surface area contributed by atoms with Crippen LogP contribution in [-0.2, 0) is 16.1 Å². The van der Waals surface area contributed by atoms with Crippen LogP contribution in [0.1, 0.15) is 18.9 Å². The maximum absolute atomic E-state index is 12.7. The van der Waals surface area contributed by atoms with E-state index in [0.29, 0.717) is 17.4 Å². The summed E-state index contributed by atoms with van der Waals surface area (Å²) in [5.74, 6) is -0.455. The van der Waals surface area contributed by atoms with Gasteiger partial charge in [0.25, 0.3) is 0 Å². The van der Waals surface area contributed by atoms with Gasteiger partial charge in [0, 0.05) is 17.5 Å². The quantitative estimate of drug-likeness (QED) is 0.237. The largest absolute Gasteiger partial charge is 0.445 e. The van der Waals surface area contributed by atoms with Gasteiger partial charge in [0.2, 0.25) is 0 Å². The zero-order chi connectivity index (χ0) is 23.9. The van der Waals surface area contributed by atoms with Crippen molar-refractivity contribution in [2.24, 2.45) is 0 Å². The van der Waals surface area contributed by atoms with Gasteiger partial charge in [-0.3, -0.25) is 0 Å². The van der Waals surface area contributed by atoms with Gasteiger partial charge in [-0.25, -0.2) is 14.4 Å². The average Bonchev–Trinajstić information content (AvgIpc) is 2.86. The van der Waals surface area contributed by atoms with E-state index in [1.165, 1.54) is 12.1 Å². The molecule has 0 saturated carbocycles. The van der Waals surface area contributed by atoms with Gasteiger partial charge in [-0.05, 0) is 35.2 Å². The third-order valence-electron chi connectivity index (χ3n) is 5.22. The Bertz CT molecular complexity index is 1350. The average molecular weight is 457 g/mol. The van der Waals surface area contributed by atoms with Gasteiger partial charge < -0.3 is 19.2 Å². The second-order valence-electron chi connectivity index (χ2n) is 7.59. The summed E-state index contributed by atoms with van der Waals surface area (Å²) in [6.45, 7) is 1.83. The molecule has 4 aromatic rings. The van der Waals surface area contributed by atoms with Crippen LogP contribution in [0.2, 0.25) is 0 Å². The van der Waals surface area contributed by atoms with Crippen molar-refractivity contribution in [3.05, 3.63) is 101 Å². The van der Waals surface area contributed by atoms with Gasteiger partial charge in [-0.15, -0.1) is 0 Å². The second kappa shape index (κ2) is 10.5. The molecule has 0 fully saturated rings. The highest BCUT2D eigenvalue weighted by Gasteiger charge is 2.22. The number of rotatable bonds is 7. The smallest absolute Gasteiger partial charge is 0.408 e. The van der Waals surface area contributed by atoms with Crippen molar-refractivity contribution in [1.29, 1.82) is 0 Å². The summed E-state index contributed by atoms with van der Waals surface area (Å²) in [5.41, 5.74) is 2.21. The van der Waals surface area contributed by atoms with Gasteiger partial charge in [0.05, 0.1) is 0 Å². The van der Waals surface area contributed by atoms with Gasteiger partial charge in [-0.1, -0.05) is 67.6 Å². The third-order valence-corrected chi connectivity index (χ3v) is 5.22. The first-order chi connectivity index (χ1) is 16.5. The lowest BCUT2D eigenvalue weighted by Crippen LogP contribution is -2.42. The molecule has 0 radical (unpaired) electrons. The van der Waals surface area contributed by atoms with Crippen molar-refractivity contribution in [2.45, 2.75) is 26.0 Å². The van der Waals surface area contributed by atoms with Gasteiger partial charge in [0.1, 0.15) is 24.0 Å². The summed E-state index contributed by atoms with van der Waals surface area (Å²) in [5, 5.41) is 3.23. The molecule has 1 unspecified atom stereocenters. The number of amides is 1. The summed E-state index contributed by atoms with van der Waals surface area (Å²) in [4.78, 5) is 36.9. The fourth-order valence-corrected chi connectivity index (χ4v) is 3.49. The molecule has 0 aliphatic heterocycles. The van der Waals surface area contributed by atoms with E-state index in [4.69, 9.17) is 13.9 Å². The number of hydrogen-bond donors (Lipinski definition) is 1. The Labute approximate surface area is 195 Å². The van der Waals surface area contributed by atoms with Crippen LogP contribution in [0.5, 0.6) is 5.75 Å². The van der Waals surface area contributed by atoms with E-state index in [1.54, 1.807) is 19.1 Å². The Hall–Kier alpha value is -4.39. The molecule has 0 bridgehead atoms. The molecule has 1 heterocycles. The number of hydrogen-bond acceptors (Lipinski definition) is 6. The van der Waals surface area contributed by atoms with E-state index >= 15 is 0 Å². The van der Waals surface area contributed by atoms with Crippen LogP contribution >= 0.6 is 0 Å². The highest BCUT2D eigenvalue weighted by Crippen LogP contribution is 2.29. The van der Waals surface area contributed by atoms with Crippen molar-refractivity contribution < 1.29 is 23.5 Å². The molecule has 34 heavy (non-hydrogen) atoms. The maximum Gasteiger partial charge on any atom is 0.408 e. The summed E-state index contributed by atoms with van der Waals surface area (Å²) < 4.78 is 16.0. The number of esters is 1. The molecule has 0 saturated heterocycles. The van der Waals surface area contributed by atoms with Crippen LogP contribution in [0, 0.1) is 0 Å². The topological polar surface area (TPSA) is 94.8 Å². The molecule has 0 aliphatic rings. The molecule has 0 aliphatic carbocycles. The fraction of sp³-hybridized carbons (Fsp3) is 0.148. The summed E-state index contributed by atoms with van der Waals surface area (Å²) in [6, 6.07) is 24.0. The lowest BCUT2D eigenvalue weighted by Gasteiger charge is -2.16. The molecular weight excluding hydrogens is 434 g/mol. The zero-order valence-corrected chi connectivity index (χ0v) is 18.5. The molecule has 4 rings (SSSR count). The van der Waals surface area contributed by atoms with E-state index in [2.05, 4.69) is 5.32 Å². The molecule has 3 aromatic carbocycles. The molecule has 1 N–H and O–H groups in total. The van der Waals surface area contributed by atoms with Crippen molar-refractivity contribution in [2.75, 3.05) is 0 Å². The van der Waals surface area contributed by atoms with Crippen LogP contribution in [0.3, 0.4) is 0 Å². The molecule has 172 valence electrons. The van der Waals surface area contributed by atoms with Crippen LogP contribution < -0.4 is 15.7 Å². The lowest BCUT2D eigenvalue weighted by atomic mass is 10.0. The standard InChI is InChI=1S/C27H23NO6/c1-2-23(28-27(31)32-17-18-9-5-3-6-10-18)26(30)33-20-13-14-21-22(19-11-7-4-8-12-19)16-25(29)34-24(21)15-20/h3-16,23H,2,17H2,1H3,(H,28,31). The van der Waals surface area contributed by atoms with Crippen molar-refractivity contribution in [1.82, 2.24) is 5.32 Å². The normalized spacial score (nSPS) is 11.6. The number of carbonyl (C=O) groups is 2. The first-order valence-electron chi connectivity index (χ1n) is 10.9. The van der Waals surface area contributed by atoms with E-state index in [0.717, 1.165) is 16.7 Å². The highest BCUT2D eigenvalue weighted by molar-refractivity contribution is 5.94. The Morgan fingerprint density at radius 3 is 2.35 bits per heavy atom. The van der Waals surface area contributed by atoms with Gasteiger partial charge in [-0.2, -0.15) is 0 Å². The predicted molar refractivity (Wildman–Crippen MR) is 127 cm³/mol. The number of nitrogens with one attached hydrogen (secondary N) is 1. The van der Waals surface area contributed by atoms with Crippen molar-refractivity contribution in [3.8, 4) is 16.9 Å². The first-order valence-corrected chi connectivity index (χ1v) is 10.9. The fourth-order valence-electron chi connectivity index (χ4n) is 3.49. The molecule has 0 spiro atoms.